The Balaban J connectivity index is 1.49. The molecule has 2 aromatic carbocycles. The maximum atomic E-state index is 12.9. The first-order valence-corrected chi connectivity index (χ1v) is 10.5. The Bertz CT molecular complexity index is 1170. The van der Waals surface area contributed by atoms with Gasteiger partial charge in [-0.25, -0.2) is 4.98 Å². The summed E-state index contributed by atoms with van der Waals surface area (Å²) in [6, 6.07) is 11.1. The molecule has 8 heteroatoms. The molecular formula is C22H22N4O3S. The Morgan fingerprint density at radius 3 is 2.70 bits per heavy atom. The molecule has 2 N–H and O–H groups in total. The van der Waals surface area contributed by atoms with Crippen molar-refractivity contribution in [3.05, 3.63) is 47.0 Å². The summed E-state index contributed by atoms with van der Waals surface area (Å²) in [5, 5.41) is 6.60. The van der Waals surface area contributed by atoms with Gasteiger partial charge < -0.3 is 15.5 Å². The Labute approximate surface area is 178 Å². The molecule has 3 aromatic rings. The van der Waals surface area contributed by atoms with Crippen molar-refractivity contribution in [3.63, 3.8) is 0 Å². The zero-order valence-corrected chi connectivity index (χ0v) is 17.8. The number of benzene rings is 2. The van der Waals surface area contributed by atoms with Crippen molar-refractivity contribution in [2.24, 2.45) is 5.92 Å². The first kappa shape index (κ1) is 20.0. The van der Waals surface area contributed by atoms with Crippen LogP contribution in [0.5, 0.6) is 0 Å². The van der Waals surface area contributed by atoms with E-state index in [2.05, 4.69) is 15.6 Å². The van der Waals surface area contributed by atoms with Crippen LogP contribution in [0.1, 0.15) is 23.9 Å². The Morgan fingerprint density at radius 2 is 1.93 bits per heavy atom. The number of rotatable bonds is 4. The van der Waals surface area contributed by atoms with Crippen molar-refractivity contribution in [1.82, 2.24) is 4.98 Å². The fourth-order valence-electron chi connectivity index (χ4n) is 3.60. The summed E-state index contributed by atoms with van der Waals surface area (Å²) in [6.45, 7) is 5.59. The largest absolute Gasteiger partial charge is 0.326 e. The zero-order chi connectivity index (χ0) is 21.4. The predicted molar refractivity (Wildman–Crippen MR) is 119 cm³/mol. The number of carbonyl (C=O) groups excluding carboxylic acids is 3. The van der Waals surface area contributed by atoms with Gasteiger partial charge in [0.05, 0.1) is 21.1 Å². The van der Waals surface area contributed by atoms with Crippen LogP contribution >= 0.6 is 11.3 Å². The second kappa shape index (κ2) is 7.87. The van der Waals surface area contributed by atoms with Crippen LogP contribution in [0.4, 0.5) is 17.1 Å². The van der Waals surface area contributed by atoms with Gasteiger partial charge in [0, 0.05) is 37.0 Å². The summed E-state index contributed by atoms with van der Waals surface area (Å²) < 4.78 is 1.08. The molecule has 1 aliphatic heterocycles. The van der Waals surface area contributed by atoms with Gasteiger partial charge in [0.1, 0.15) is 0 Å². The fourth-order valence-corrected chi connectivity index (χ4v) is 4.41. The molecule has 1 aliphatic rings. The highest BCUT2D eigenvalue weighted by atomic mass is 32.1. The Hall–Kier alpha value is -3.26. The third-order valence-electron chi connectivity index (χ3n) is 5.10. The monoisotopic (exact) mass is 422 g/mol. The number of aromatic nitrogens is 1. The van der Waals surface area contributed by atoms with Crippen LogP contribution in [0, 0.1) is 19.8 Å². The number of hydrogen-bond acceptors (Lipinski definition) is 5. The number of nitrogens with zero attached hydrogens (tertiary/aromatic N) is 2. The number of anilines is 3. The van der Waals surface area contributed by atoms with Gasteiger partial charge in [-0.2, -0.15) is 0 Å². The number of thiazole rings is 1. The smallest absolute Gasteiger partial charge is 0.229 e. The highest BCUT2D eigenvalue weighted by Gasteiger charge is 2.35. The standard InChI is InChI=1S/C22H22N4O3S/c1-12-4-5-16(23-13(2)27)9-18(12)25-22(29)15-8-21(28)26(11-15)17-6-7-20-19(10-17)24-14(3)30-20/h4-7,9-10,15H,8,11H2,1-3H3,(H,23,27)(H,25,29). The lowest BCUT2D eigenvalue weighted by molar-refractivity contribution is -0.122. The molecule has 0 aliphatic carbocycles. The second-order valence-electron chi connectivity index (χ2n) is 7.49. The van der Waals surface area contributed by atoms with Crippen molar-refractivity contribution in [1.29, 1.82) is 0 Å². The molecule has 0 bridgehead atoms. The molecule has 154 valence electrons. The summed E-state index contributed by atoms with van der Waals surface area (Å²) >= 11 is 1.61. The maximum Gasteiger partial charge on any atom is 0.229 e. The normalized spacial score (nSPS) is 16.2. The van der Waals surface area contributed by atoms with Gasteiger partial charge in [0.25, 0.3) is 0 Å². The molecule has 1 aromatic heterocycles. The first-order chi connectivity index (χ1) is 14.3. The highest BCUT2D eigenvalue weighted by molar-refractivity contribution is 7.18. The van der Waals surface area contributed by atoms with Gasteiger partial charge >= 0.3 is 0 Å². The zero-order valence-electron chi connectivity index (χ0n) is 17.0. The minimum atomic E-state index is -0.450. The molecular weight excluding hydrogens is 400 g/mol. The first-order valence-electron chi connectivity index (χ1n) is 9.67. The van der Waals surface area contributed by atoms with E-state index in [9.17, 15) is 14.4 Å². The van der Waals surface area contributed by atoms with E-state index in [1.54, 1.807) is 28.4 Å². The van der Waals surface area contributed by atoms with Gasteiger partial charge in [-0.3, -0.25) is 14.4 Å². The third kappa shape index (κ3) is 4.04. The summed E-state index contributed by atoms with van der Waals surface area (Å²) in [5.41, 5.74) is 3.73. The lowest BCUT2D eigenvalue weighted by Gasteiger charge is -2.17. The molecule has 1 unspecified atom stereocenters. The molecule has 0 radical (unpaired) electrons. The summed E-state index contributed by atoms with van der Waals surface area (Å²) in [7, 11) is 0. The third-order valence-corrected chi connectivity index (χ3v) is 6.05. The van der Waals surface area contributed by atoms with Crippen LogP contribution in [0.15, 0.2) is 36.4 Å². The number of carbonyl (C=O) groups is 3. The van der Waals surface area contributed by atoms with Crippen molar-refractivity contribution >= 4 is 56.3 Å². The lowest BCUT2D eigenvalue weighted by atomic mass is 10.1. The van der Waals surface area contributed by atoms with E-state index in [0.717, 1.165) is 26.5 Å². The molecule has 0 saturated carbocycles. The maximum absolute atomic E-state index is 12.9. The molecule has 3 amide bonds. The van der Waals surface area contributed by atoms with Gasteiger partial charge in [-0.1, -0.05) is 6.07 Å². The predicted octanol–water partition coefficient (Wildman–Crippen LogP) is 3.86. The van der Waals surface area contributed by atoms with Crippen molar-refractivity contribution in [2.45, 2.75) is 27.2 Å². The van der Waals surface area contributed by atoms with Crippen molar-refractivity contribution in [2.75, 3.05) is 22.1 Å². The number of fused-ring (bicyclic) bond motifs is 1. The van der Waals surface area contributed by atoms with E-state index in [1.807, 2.05) is 38.1 Å². The highest BCUT2D eigenvalue weighted by Crippen LogP contribution is 2.31. The SMILES string of the molecule is CC(=O)Nc1ccc(C)c(NC(=O)C2CC(=O)N(c3ccc4sc(C)nc4c3)C2)c1. The van der Waals surface area contributed by atoms with E-state index in [1.165, 1.54) is 6.92 Å². The van der Waals surface area contributed by atoms with Crippen molar-refractivity contribution in [3.8, 4) is 0 Å². The molecule has 1 fully saturated rings. The molecule has 2 heterocycles. The molecule has 1 saturated heterocycles. The molecule has 0 spiro atoms. The summed E-state index contributed by atoms with van der Waals surface area (Å²) in [5.74, 6) is -0.917. The van der Waals surface area contributed by atoms with Crippen LogP contribution in [0.2, 0.25) is 0 Å². The van der Waals surface area contributed by atoms with Crippen LogP contribution < -0.4 is 15.5 Å². The number of hydrogen-bond donors (Lipinski definition) is 2. The Morgan fingerprint density at radius 1 is 1.13 bits per heavy atom. The van der Waals surface area contributed by atoms with Crippen LogP contribution in [0.25, 0.3) is 10.2 Å². The van der Waals surface area contributed by atoms with Crippen LogP contribution in [-0.4, -0.2) is 29.3 Å². The number of aryl methyl sites for hydroxylation is 2. The van der Waals surface area contributed by atoms with E-state index < -0.39 is 5.92 Å². The number of nitrogens with one attached hydrogen (secondary N) is 2. The second-order valence-corrected chi connectivity index (χ2v) is 8.73. The summed E-state index contributed by atoms with van der Waals surface area (Å²) in [6.07, 6.45) is 0.157. The average molecular weight is 423 g/mol. The minimum Gasteiger partial charge on any atom is -0.326 e. The average Bonchev–Trinajstić information content (AvgIpc) is 3.25. The van der Waals surface area contributed by atoms with Crippen molar-refractivity contribution < 1.29 is 14.4 Å². The molecule has 7 nitrogen and oxygen atoms in total. The lowest BCUT2D eigenvalue weighted by Crippen LogP contribution is -2.28. The van der Waals surface area contributed by atoms with Crippen LogP contribution in [-0.2, 0) is 14.4 Å². The minimum absolute atomic E-state index is 0.0785. The van der Waals surface area contributed by atoms with Gasteiger partial charge in [0.2, 0.25) is 17.7 Å². The van der Waals surface area contributed by atoms with E-state index >= 15 is 0 Å². The summed E-state index contributed by atoms with van der Waals surface area (Å²) in [4.78, 5) is 42.9. The fraction of sp³-hybridized carbons (Fsp3) is 0.273. The van der Waals surface area contributed by atoms with Gasteiger partial charge in [-0.05, 0) is 49.7 Å². The quantitative estimate of drug-likeness (QED) is 0.668. The number of amides is 3. The molecule has 1 atom stereocenters. The van der Waals surface area contributed by atoms with E-state index in [-0.39, 0.29) is 24.1 Å². The Kier molecular flexibility index (Phi) is 5.26. The van der Waals surface area contributed by atoms with Gasteiger partial charge in [-0.15, -0.1) is 11.3 Å². The van der Waals surface area contributed by atoms with Gasteiger partial charge in [0.15, 0.2) is 0 Å². The van der Waals surface area contributed by atoms with E-state index in [0.29, 0.717) is 17.9 Å². The molecule has 4 rings (SSSR count). The topological polar surface area (TPSA) is 91.4 Å². The molecule has 30 heavy (non-hydrogen) atoms. The van der Waals surface area contributed by atoms with E-state index in [4.69, 9.17) is 0 Å². The van der Waals surface area contributed by atoms with Crippen LogP contribution in [0.3, 0.4) is 0 Å².